The highest BCUT2D eigenvalue weighted by molar-refractivity contribution is 5.82. The van der Waals surface area contributed by atoms with Gasteiger partial charge in [-0.2, -0.15) is 0 Å². The van der Waals surface area contributed by atoms with Crippen molar-refractivity contribution < 1.29 is 14.1 Å². The maximum Gasteiger partial charge on any atom is 0.269 e. The normalized spacial score (nSPS) is 19.3. The Balaban J connectivity index is 1.35. The van der Waals surface area contributed by atoms with Crippen LogP contribution in [0.25, 0.3) is 0 Å². The van der Waals surface area contributed by atoms with Crippen molar-refractivity contribution in [3.8, 4) is 0 Å². The van der Waals surface area contributed by atoms with E-state index in [0.717, 1.165) is 29.1 Å². The van der Waals surface area contributed by atoms with Crippen LogP contribution in [-0.2, 0) is 24.2 Å². The first-order valence-corrected chi connectivity index (χ1v) is 12.2. The number of pyridine rings is 1. The van der Waals surface area contributed by atoms with Crippen molar-refractivity contribution in [2.45, 2.75) is 25.4 Å². The molecule has 1 fully saturated rings. The molecule has 0 bridgehead atoms. The van der Waals surface area contributed by atoms with Gasteiger partial charge in [0.25, 0.3) is 5.69 Å². The number of nitro groups is 1. The number of nitro benzene ring substituents is 1. The lowest BCUT2D eigenvalue weighted by Crippen LogP contribution is -2.61. The topological polar surface area (TPSA) is 91.6 Å². The number of nitrogens with one attached hydrogen (secondary N) is 1. The summed E-state index contributed by atoms with van der Waals surface area (Å²) in [5.41, 5.74) is 3.76. The smallest absolute Gasteiger partial charge is 0.269 e. The zero-order valence-electron chi connectivity index (χ0n) is 19.8. The van der Waals surface area contributed by atoms with Crippen LogP contribution in [0.3, 0.4) is 0 Å². The highest BCUT2D eigenvalue weighted by atomic mass is 19.1. The van der Waals surface area contributed by atoms with E-state index < -0.39 is 4.92 Å². The highest BCUT2D eigenvalue weighted by Gasteiger charge is 2.41. The number of hydrogen-bond acceptors (Lipinski definition) is 6. The Bertz CT molecular complexity index is 1240. The lowest BCUT2D eigenvalue weighted by atomic mass is 9.83. The molecule has 36 heavy (non-hydrogen) atoms. The van der Waals surface area contributed by atoms with Gasteiger partial charge in [0.1, 0.15) is 5.82 Å². The van der Waals surface area contributed by atoms with Crippen LogP contribution in [0.5, 0.6) is 0 Å². The molecule has 0 saturated carbocycles. The number of rotatable bonds is 7. The first kappa shape index (κ1) is 23.9. The molecule has 2 atom stereocenters. The molecule has 1 amide bonds. The molecule has 1 aromatic heterocycles. The average molecular weight is 490 g/mol. The molecule has 3 heterocycles. The summed E-state index contributed by atoms with van der Waals surface area (Å²) in [5, 5.41) is 14.4. The summed E-state index contributed by atoms with van der Waals surface area (Å²) in [6.45, 7) is 3.30. The minimum atomic E-state index is -0.394. The Kier molecular flexibility index (Phi) is 6.90. The molecule has 2 aliphatic rings. The Morgan fingerprint density at radius 2 is 1.97 bits per heavy atom. The van der Waals surface area contributed by atoms with E-state index in [1.54, 1.807) is 24.4 Å². The van der Waals surface area contributed by atoms with Crippen molar-refractivity contribution in [1.29, 1.82) is 0 Å². The molecule has 3 aromatic rings. The fourth-order valence-corrected chi connectivity index (χ4v) is 5.26. The number of halogens is 1. The molecule has 186 valence electrons. The molecular weight excluding hydrogens is 461 g/mol. The number of nitrogens with zero attached hydrogens (tertiary/aromatic N) is 4. The van der Waals surface area contributed by atoms with Crippen LogP contribution < -0.4 is 10.2 Å². The van der Waals surface area contributed by atoms with Gasteiger partial charge in [0.15, 0.2) is 0 Å². The first-order valence-electron chi connectivity index (χ1n) is 12.2. The molecule has 5 rings (SSSR count). The largest absolute Gasteiger partial charge is 0.365 e. The van der Waals surface area contributed by atoms with Gasteiger partial charge in [-0.25, -0.2) is 4.39 Å². The standard InChI is InChI=1S/C27H28FN5O3/c28-21-6-4-19(5-7-21)17-31-13-14-32-25-9-8-23(33(35)36)15-20(25)16-24(26(32)18-31)27(34)30-12-10-22-3-1-2-11-29-22/h1-9,11,15,24,26H,10,12-14,16-18H2,(H,30,34)/t24-,26-/m0/s1. The van der Waals surface area contributed by atoms with Crippen LogP contribution in [0.2, 0.25) is 0 Å². The Morgan fingerprint density at radius 1 is 1.14 bits per heavy atom. The van der Waals surface area contributed by atoms with Gasteiger partial charge in [-0.1, -0.05) is 18.2 Å². The van der Waals surface area contributed by atoms with E-state index >= 15 is 0 Å². The zero-order valence-corrected chi connectivity index (χ0v) is 19.8. The number of hydrogen-bond donors (Lipinski definition) is 1. The van der Waals surface area contributed by atoms with E-state index in [-0.39, 0.29) is 29.4 Å². The number of piperazine rings is 1. The fourth-order valence-electron chi connectivity index (χ4n) is 5.26. The Hall–Kier alpha value is -3.85. The van der Waals surface area contributed by atoms with Crippen molar-refractivity contribution in [3.05, 3.63) is 99.6 Å². The molecule has 2 aliphatic heterocycles. The number of aromatic nitrogens is 1. The van der Waals surface area contributed by atoms with Gasteiger partial charge in [0.2, 0.25) is 5.91 Å². The first-order chi connectivity index (χ1) is 17.5. The number of carbonyl (C=O) groups excluding carboxylic acids is 1. The summed E-state index contributed by atoms with van der Waals surface area (Å²) in [5.74, 6) is -0.662. The third kappa shape index (κ3) is 5.21. The van der Waals surface area contributed by atoms with Gasteiger partial charge < -0.3 is 10.2 Å². The lowest BCUT2D eigenvalue weighted by molar-refractivity contribution is -0.384. The number of fused-ring (bicyclic) bond motifs is 3. The third-order valence-corrected chi connectivity index (χ3v) is 7.05. The minimum absolute atomic E-state index is 0.0384. The van der Waals surface area contributed by atoms with Gasteiger partial charge in [0, 0.05) is 68.9 Å². The van der Waals surface area contributed by atoms with Crippen molar-refractivity contribution in [2.75, 3.05) is 31.1 Å². The molecule has 0 radical (unpaired) electrons. The predicted molar refractivity (Wildman–Crippen MR) is 134 cm³/mol. The van der Waals surface area contributed by atoms with Crippen molar-refractivity contribution in [1.82, 2.24) is 15.2 Å². The van der Waals surface area contributed by atoms with Gasteiger partial charge in [-0.05, 0) is 47.9 Å². The van der Waals surface area contributed by atoms with Crippen LogP contribution in [0.1, 0.15) is 16.8 Å². The second kappa shape index (κ2) is 10.4. The maximum atomic E-state index is 13.4. The molecule has 8 nitrogen and oxygen atoms in total. The van der Waals surface area contributed by atoms with Crippen molar-refractivity contribution in [2.24, 2.45) is 5.92 Å². The van der Waals surface area contributed by atoms with Gasteiger partial charge >= 0.3 is 0 Å². The second-order valence-corrected chi connectivity index (χ2v) is 9.37. The number of non-ortho nitro benzene ring substituents is 1. The second-order valence-electron chi connectivity index (χ2n) is 9.37. The molecule has 0 unspecified atom stereocenters. The molecule has 0 spiro atoms. The third-order valence-electron chi connectivity index (χ3n) is 7.05. The van der Waals surface area contributed by atoms with E-state index in [9.17, 15) is 19.3 Å². The van der Waals surface area contributed by atoms with Crippen molar-refractivity contribution >= 4 is 17.3 Å². The summed E-state index contributed by atoms with van der Waals surface area (Å²) in [6.07, 6.45) is 2.81. The van der Waals surface area contributed by atoms with Gasteiger partial charge in [0.05, 0.1) is 16.9 Å². The summed E-state index contributed by atoms with van der Waals surface area (Å²) < 4.78 is 13.3. The SMILES string of the molecule is O=C(NCCc1ccccn1)[C@H]1Cc2cc([N+](=O)[O-])ccc2N2CCN(Cc3ccc(F)cc3)C[C@@H]12. The highest BCUT2D eigenvalue weighted by Crippen LogP contribution is 2.38. The molecule has 2 aromatic carbocycles. The molecular formula is C27H28FN5O3. The molecule has 0 aliphatic carbocycles. The number of carbonyl (C=O) groups is 1. The average Bonchev–Trinajstić information content (AvgIpc) is 2.89. The van der Waals surface area contributed by atoms with E-state index in [2.05, 4.69) is 20.1 Å². The van der Waals surface area contributed by atoms with Gasteiger partial charge in [-0.15, -0.1) is 0 Å². The van der Waals surface area contributed by atoms with E-state index in [1.165, 1.54) is 18.2 Å². The number of amides is 1. The Labute approximate surface area is 208 Å². The van der Waals surface area contributed by atoms with Crippen molar-refractivity contribution in [3.63, 3.8) is 0 Å². The van der Waals surface area contributed by atoms with Crippen LogP contribution >= 0.6 is 0 Å². The quantitative estimate of drug-likeness (QED) is 0.404. The number of anilines is 1. The fraction of sp³-hybridized carbons (Fsp3) is 0.333. The monoisotopic (exact) mass is 489 g/mol. The zero-order chi connectivity index (χ0) is 25.1. The van der Waals surface area contributed by atoms with Crippen LogP contribution in [0.15, 0.2) is 66.9 Å². The minimum Gasteiger partial charge on any atom is -0.365 e. The summed E-state index contributed by atoms with van der Waals surface area (Å²) in [7, 11) is 0. The maximum absolute atomic E-state index is 13.4. The summed E-state index contributed by atoms with van der Waals surface area (Å²) >= 11 is 0. The molecule has 1 N–H and O–H groups in total. The van der Waals surface area contributed by atoms with Crippen LogP contribution in [0, 0.1) is 21.8 Å². The predicted octanol–water partition coefficient (Wildman–Crippen LogP) is 3.35. The molecule has 1 saturated heterocycles. The van der Waals surface area contributed by atoms with E-state index in [4.69, 9.17) is 0 Å². The lowest BCUT2D eigenvalue weighted by Gasteiger charge is -2.49. The Morgan fingerprint density at radius 3 is 2.72 bits per heavy atom. The van der Waals surface area contributed by atoms with Gasteiger partial charge in [-0.3, -0.25) is 24.8 Å². The molecule has 9 heteroatoms. The summed E-state index contributed by atoms with van der Waals surface area (Å²) in [4.78, 5) is 33.2. The van der Waals surface area contributed by atoms with Crippen LogP contribution in [0.4, 0.5) is 15.8 Å². The summed E-state index contributed by atoms with van der Waals surface area (Å²) in [6, 6.07) is 17.1. The van der Waals surface area contributed by atoms with Crippen LogP contribution in [-0.4, -0.2) is 52.9 Å². The van der Waals surface area contributed by atoms with E-state index in [0.29, 0.717) is 39.0 Å². The van der Waals surface area contributed by atoms with E-state index in [1.807, 2.05) is 24.3 Å². The number of benzene rings is 2.